The topological polar surface area (TPSA) is 108 Å². The second kappa shape index (κ2) is 14.6. The van der Waals surface area contributed by atoms with Crippen LogP contribution in [0.4, 0.5) is 0 Å². The SMILES string of the molecule is CC(C)=CC(=O)N(CCCOC(C)C)[C@@H]1CC(C(=O)NCCO)=C[C@H](Oc2ccccc2I)[C@H]1O. The Bertz CT molecular complexity index is 913. The van der Waals surface area contributed by atoms with E-state index in [1.54, 1.807) is 17.0 Å². The number of rotatable bonds is 12. The number of hydrogen-bond acceptors (Lipinski definition) is 6. The molecule has 2 rings (SSSR count). The van der Waals surface area contributed by atoms with Gasteiger partial charge >= 0.3 is 0 Å². The van der Waals surface area contributed by atoms with E-state index in [9.17, 15) is 14.7 Å². The normalized spacial score (nSPS) is 19.7. The van der Waals surface area contributed by atoms with Crippen molar-refractivity contribution in [1.29, 1.82) is 0 Å². The Balaban J connectivity index is 2.37. The molecule has 0 bridgehead atoms. The summed E-state index contributed by atoms with van der Waals surface area (Å²) in [4.78, 5) is 27.6. The first kappa shape index (κ1) is 29.3. The van der Waals surface area contributed by atoms with Crippen LogP contribution in [0.5, 0.6) is 5.75 Å². The Labute approximate surface area is 221 Å². The molecule has 8 nitrogen and oxygen atoms in total. The van der Waals surface area contributed by atoms with Crippen molar-refractivity contribution in [3.05, 3.63) is 51.1 Å². The Morgan fingerprint density at radius 2 is 2.00 bits per heavy atom. The zero-order valence-electron chi connectivity index (χ0n) is 20.9. The highest BCUT2D eigenvalue weighted by Gasteiger charge is 2.40. The molecule has 1 aliphatic carbocycles. The van der Waals surface area contributed by atoms with Gasteiger partial charge in [-0.15, -0.1) is 0 Å². The number of aliphatic hydroxyl groups is 2. The largest absolute Gasteiger partial charge is 0.482 e. The van der Waals surface area contributed by atoms with Crippen LogP contribution in [0.15, 0.2) is 47.6 Å². The minimum absolute atomic E-state index is 0.0769. The summed E-state index contributed by atoms with van der Waals surface area (Å²) in [5, 5.41) is 23.2. The van der Waals surface area contributed by atoms with E-state index in [0.717, 1.165) is 9.14 Å². The van der Waals surface area contributed by atoms with Gasteiger partial charge in [-0.2, -0.15) is 0 Å². The Morgan fingerprint density at radius 3 is 2.63 bits per heavy atom. The highest BCUT2D eigenvalue weighted by atomic mass is 127. The maximum absolute atomic E-state index is 13.2. The summed E-state index contributed by atoms with van der Waals surface area (Å²) in [6.45, 7) is 8.34. The van der Waals surface area contributed by atoms with Crippen molar-refractivity contribution in [1.82, 2.24) is 10.2 Å². The van der Waals surface area contributed by atoms with Crippen LogP contribution in [0, 0.1) is 3.57 Å². The molecule has 0 spiro atoms. The van der Waals surface area contributed by atoms with Crippen molar-refractivity contribution in [2.24, 2.45) is 0 Å². The molecule has 0 aromatic heterocycles. The van der Waals surface area contributed by atoms with Gasteiger partial charge in [-0.1, -0.05) is 17.7 Å². The van der Waals surface area contributed by atoms with Crippen LogP contribution in [0.1, 0.15) is 40.5 Å². The summed E-state index contributed by atoms with van der Waals surface area (Å²) in [6.07, 6.45) is 2.08. The number of hydrogen-bond donors (Lipinski definition) is 3. The smallest absolute Gasteiger partial charge is 0.247 e. The molecular formula is C26H37IN2O6. The number of aliphatic hydroxyl groups excluding tert-OH is 2. The molecular weight excluding hydrogens is 563 g/mol. The van der Waals surface area contributed by atoms with Crippen molar-refractivity contribution in [3.8, 4) is 5.75 Å². The zero-order valence-corrected chi connectivity index (χ0v) is 23.0. The number of benzene rings is 1. The third-order valence-corrected chi connectivity index (χ3v) is 6.30. The Morgan fingerprint density at radius 1 is 1.29 bits per heavy atom. The van der Waals surface area contributed by atoms with Crippen molar-refractivity contribution >= 4 is 34.4 Å². The Hall–Kier alpha value is -1.95. The third-order valence-electron chi connectivity index (χ3n) is 5.40. The number of nitrogens with zero attached hydrogens (tertiary/aromatic N) is 1. The molecule has 2 amide bonds. The third kappa shape index (κ3) is 9.21. The molecule has 0 fully saturated rings. The van der Waals surface area contributed by atoms with Gasteiger partial charge in [0.05, 0.1) is 22.3 Å². The van der Waals surface area contributed by atoms with E-state index in [2.05, 4.69) is 27.9 Å². The fourth-order valence-corrected chi connectivity index (χ4v) is 4.30. The number of ether oxygens (including phenoxy) is 2. The molecule has 35 heavy (non-hydrogen) atoms. The van der Waals surface area contributed by atoms with E-state index < -0.39 is 18.2 Å². The van der Waals surface area contributed by atoms with Gasteiger partial charge in [-0.25, -0.2) is 0 Å². The van der Waals surface area contributed by atoms with Crippen LogP contribution < -0.4 is 10.1 Å². The van der Waals surface area contributed by atoms with E-state index in [-0.39, 0.29) is 37.5 Å². The van der Waals surface area contributed by atoms with Crippen LogP contribution >= 0.6 is 22.6 Å². The summed E-state index contributed by atoms with van der Waals surface area (Å²) in [6, 6.07) is 6.73. The molecule has 194 valence electrons. The average Bonchev–Trinajstić information content (AvgIpc) is 2.79. The number of allylic oxidation sites excluding steroid dienone is 1. The monoisotopic (exact) mass is 600 g/mol. The summed E-state index contributed by atoms with van der Waals surface area (Å²) >= 11 is 2.15. The number of carbonyl (C=O) groups excluding carboxylic acids is 2. The van der Waals surface area contributed by atoms with Gasteiger partial charge in [0.25, 0.3) is 0 Å². The first-order chi connectivity index (χ1) is 16.6. The summed E-state index contributed by atoms with van der Waals surface area (Å²) in [5.74, 6) is -0.00890. The van der Waals surface area contributed by atoms with Crippen molar-refractivity contribution < 1.29 is 29.3 Å². The Kier molecular flexibility index (Phi) is 12.2. The summed E-state index contributed by atoms with van der Waals surface area (Å²) in [5.41, 5.74) is 1.24. The number of para-hydroxylation sites is 1. The van der Waals surface area contributed by atoms with Crippen molar-refractivity contribution in [2.45, 2.75) is 64.9 Å². The molecule has 0 unspecified atom stereocenters. The van der Waals surface area contributed by atoms with Gasteiger partial charge in [-0.3, -0.25) is 9.59 Å². The van der Waals surface area contributed by atoms with E-state index in [4.69, 9.17) is 14.6 Å². The molecule has 9 heteroatoms. The molecule has 1 aliphatic rings. The molecule has 0 saturated carbocycles. The lowest BCUT2D eigenvalue weighted by molar-refractivity contribution is -0.133. The molecule has 3 N–H and O–H groups in total. The van der Waals surface area contributed by atoms with Gasteiger partial charge in [-0.05, 0) is 74.9 Å². The second-order valence-electron chi connectivity index (χ2n) is 8.97. The molecule has 1 aromatic carbocycles. The molecule has 3 atom stereocenters. The minimum Gasteiger partial charge on any atom is -0.482 e. The summed E-state index contributed by atoms with van der Waals surface area (Å²) < 4.78 is 12.6. The quantitative estimate of drug-likeness (QED) is 0.194. The maximum atomic E-state index is 13.2. The molecule has 1 aromatic rings. The van der Waals surface area contributed by atoms with Crippen LogP contribution in [0.3, 0.4) is 0 Å². The first-order valence-corrected chi connectivity index (χ1v) is 13.0. The van der Waals surface area contributed by atoms with Crippen molar-refractivity contribution in [3.63, 3.8) is 0 Å². The number of nitrogens with one attached hydrogen (secondary N) is 1. The lowest BCUT2D eigenvalue weighted by Crippen LogP contribution is -2.55. The molecule has 0 saturated heterocycles. The second-order valence-corrected chi connectivity index (χ2v) is 10.1. The maximum Gasteiger partial charge on any atom is 0.247 e. The van der Waals surface area contributed by atoms with Crippen molar-refractivity contribution in [2.75, 3.05) is 26.3 Å². The van der Waals surface area contributed by atoms with E-state index in [1.165, 1.54) is 6.08 Å². The van der Waals surface area contributed by atoms with Crippen LogP contribution in [0.25, 0.3) is 0 Å². The standard InChI is InChI=1S/C26H37IN2O6/c1-17(2)14-24(31)29(11-7-13-34-18(3)4)21-15-19(26(33)28-10-12-30)16-23(25(21)32)35-22-9-6-5-8-20(22)27/h5-6,8-9,14,16,18,21,23,25,30,32H,7,10-13,15H2,1-4H3,(H,28,33)/t21-,23+,25+/m1/s1. The molecule has 0 heterocycles. The van der Waals surface area contributed by atoms with Gasteiger partial charge in [0.2, 0.25) is 11.8 Å². The average molecular weight is 600 g/mol. The van der Waals surface area contributed by atoms with Gasteiger partial charge < -0.3 is 29.9 Å². The number of halogens is 1. The van der Waals surface area contributed by atoms with Gasteiger partial charge in [0, 0.05) is 37.8 Å². The molecule has 0 radical (unpaired) electrons. The fourth-order valence-electron chi connectivity index (χ4n) is 3.79. The fraction of sp³-hybridized carbons (Fsp3) is 0.538. The van der Waals surface area contributed by atoms with Crippen LogP contribution in [-0.2, 0) is 14.3 Å². The predicted molar refractivity (Wildman–Crippen MR) is 143 cm³/mol. The van der Waals surface area contributed by atoms with E-state index >= 15 is 0 Å². The number of amides is 2. The van der Waals surface area contributed by atoms with E-state index in [0.29, 0.717) is 30.9 Å². The summed E-state index contributed by atoms with van der Waals surface area (Å²) in [7, 11) is 0. The van der Waals surface area contributed by atoms with Crippen LogP contribution in [-0.4, -0.2) is 77.6 Å². The minimum atomic E-state index is -1.05. The zero-order chi connectivity index (χ0) is 26.0. The predicted octanol–water partition coefficient (Wildman–Crippen LogP) is 2.82. The number of carbonyl (C=O) groups is 2. The lowest BCUT2D eigenvalue weighted by Gasteiger charge is -2.40. The van der Waals surface area contributed by atoms with E-state index in [1.807, 2.05) is 45.9 Å². The highest BCUT2D eigenvalue weighted by molar-refractivity contribution is 14.1. The molecule has 0 aliphatic heterocycles. The first-order valence-electron chi connectivity index (χ1n) is 11.9. The van der Waals surface area contributed by atoms with Crippen LogP contribution in [0.2, 0.25) is 0 Å². The lowest BCUT2D eigenvalue weighted by atomic mass is 9.88. The highest BCUT2D eigenvalue weighted by Crippen LogP contribution is 2.30. The van der Waals surface area contributed by atoms with Gasteiger partial charge in [0.15, 0.2) is 0 Å². The van der Waals surface area contributed by atoms with Gasteiger partial charge in [0.1, 0.15) is 18.0 Å².